The molecule has 0 saturated heterocycles. The molecule has 114 valence electrons. The van der Waals surface area contributed by atoms with Crippen LogP contribution in [0.2, 0.25) is 0 Å². The van der Waals surface area contributed by atoms with Crippen LogP contribution in [0.25, 0.3) is 11.6 Å². The Morgan fingerprint density at radius 2 is 2.14 bits per heavy atom. The highest BCUT2D eigenvalue weighted by atomic mass is 16.5. The van der Waals surface area contributed by atoms with E-state index < -0.39 is 0 Å². The van der Waals surface area contributed by atoms with E-state index in [0.717, 1.165) is 11.3 Å². The monoisotopic (exact) mass is 300 g/mol. The van der Waals surface area contributed by atoms with E-state index >= 15 is 0 Å². The molecule has 0 amide bonds. The number of fused-ring (bicyclic) bond motifs is 1. The Hall–Kier alpha value is -2.84. The second-order valence-corrected chi connectivity index (χ2v) is 5.59. The van der Waals surface area contributed by atoms with Crippen molar-refractivity contribution >= 4 is 6.34 Å². The molecule has 0 radical (unpaired) electrons. The van der Waals surface area contributed by atoms with Gasteiger partial charge in [-0.2, -0.15) is 5.10 Å². The van der Waals surface area contributed by atoms with Crippen molar-refractivity contribution in [3.63, 3.8) is 0 Å². The van der Waals surface area contributed by atoms with Gasteiger partial charge in [0.25, 0.3) is 0 Å². The summed E-state index contributed by atoms with van der Waals surface area (Å²) in [5.41, 5.74) is 1.59. The van der Waals surface area contributed by atoms with Crippen molar-refractivity contribution in [1.82, 2.24) is 20.1 Å². The molecule has 0 bridgehead atoms. The highest BCUT2D eigenvalue weighted by Crippen LogP contribution is 2.37. The first-order valence-electron chi connectivity index (χ1n) is 6.75. The summed E-state index contributed by atoms with van der Waals surface area (Å²) in [7, 11) is 0. The first-order valence-corrected chi connectivity index (χ1v) is 6.75. The van der Waals surface area contributed by atoms with Gasteiger partial charge in [0.15, 0.2) is 12.2 Å². The van der Waals surface area contributed by atoms with Crippen LogP contribution in [0.4, 0.5) is 0 Å². The summed E-state index contributed by atoms with van der Waals surface area (Å²) in [4.78, 5) is 8.44. The lowest BCUT2D eigenvalue weighted by atomic mass is 9.83. The molecule has 0 fully saturated rings. The van der Waals surface area contributed by atoms with Crippen molar-refractivity contribution in [3.8, 4) is 11.6 Å². The van der Waals surface area contributed by atoms with E-state index in [-0.39, 0.29) is 5.41 Å². The Kier molecular flexibility index (Phi) is 3.53. The van der Waals surface area contributed by atoms with E-state index in [1.165, 1.54) is 6.34 Å². The SMILES string of the molecule is CC1(C)CN(N=NC=NN)Cc2c1noc2-c1ncccn1. The minimum atomic E-state index is -0.233. The van der Waals surface area contributed by atoms with Crippen molar-refractivity contribution in [2.45, 2.75) is 25.8 Å². The van der Waals surface area contributed by atoms with E-state index in [1.807, 2.05) is 5.01 Å². The first kappa shape index (κ1) is 14.1. The predicted octanol–water partition coefficient (Wildman–Crippen LogP) is 1.49. The average Bonchev–Trinajstić information content (AvgIpc) is 2.93. The van der Waals surface area contributed by atoms with E-state index in [4.69, 9.17) is 10.4 Å². The van der Waals surface area contributed by atoms with Crippen molar-refractivity contribution < 1.29 is 4.52 Å². The molecule has 9 nitrogen and oxygen atoms in total. The molecule has 2 aromatic heterocycles. The highest BCUT2D eigenvalue weighted by molar-refractivity contribution is 5.55. The van der Waals surface area contributed by atoms with Gasteiger partial charge in [-0.15, -0.1) is 5.11 Å². The van der Waals surface area contributed by atoms with E-state index in [9.17, 15) is 0 Å². The molecular formula is C13H16N8O. The minimum absolute atomic E-state index is 0.233. The molecule has 1 aliphatic rings. The lowest BCUT2D eigenvalue weighted by molar-refractivity contribution is 0.187. The second kappa shape index (κ2) is 5.51. The summed E-state index contributed by atoms with van der Waals surface area (Å²) < 4.78 is 5.49. The summed E-state index contributed by atoms with van der Waals surface area (Å²) in [5, 5.41) is 17.2. The molecule has 2 N–H and O–H groups in total. The maximum absolute atomic E-state index is 5.49. The number of nitrogens with two attached hydrogens (primary N) is 1. The molecule has 0 spiro atoms. The lowest BCUT2D eigenvalue weighted by Crippen LogP contribution is -2.39. The zero-order valence-electron chi connectivity index (χ0n) is 12.3. The fourth-order valence-electron chi connectivity index (χ4n) is 2.54. The Morgan fingerprint density at radius 1 is 1.36 bits per heavy atom. The summed E-state index contributed by atoms with van der Waals surface area (Å²) >= 11 is 0. The number of nitrogens with zero attached hydrogens (tertiary/aromatic N) is 7. The molecule has 0 aromatic carbocycles. The van der Waals surface area contributed by atoms with Crippen molar-refractivity contribution in [2.75, 3.05) is 6.54 Å². The normalized spacial score (nSPS) is 17.3. The molecular weight excluding hydrogens is 284 g/mol. The smallest absolute Gasteiger partial charge is 0.209 e. The average molecular weight is 300 g/mol. The number of hydrogen-bond acceptors (Lipinski definition) is 7. The third-order valence-corrected chi connectivity index (χ3v) is 3.41. The highest BCUT2D eigenvalue weighted by Gasteiger charge is 2.38. The molecule has 22 heavy (non-hydrogen) atoms. The van der Waals surface area contributed by atoms with Crippen LogP contribution in [0.3, 0.4) is 0 Å². The Labute approximate surface area is 126 Å². The van der Waals surface area contributed by atoms with Crippen LogP contribution in [-0.2, 0) is 12.0 Å². The largest absolute Gasteiger partial charge is 0.352 e. The van der Waals surface area contributed by atoms with Crippen LogP contribution in [0, 0.1) is 0 Å². The van der Waals surface area contributed by atoms with Crippen LogP contribution < -0.4 is 5.84 Å². The number of hydrazone groups is 1. The molecule has 3 heterocycles. The topological polar surface area (TPSA) is 118 Å². The van der Waals surface area contributed by atoms with Gasteiger partial charge in [-0.25, -0.2) is 9.97 Å². The number of aromatic nitrogens is 3. The third-order valence-electron chi connectivity index (χ3n) is 3.41. The van der Waals surface area contributed by atoms with Gasteiger partial charge in [-0.1, -0.05) is 24.2 Å². The maximum Gasteiger partial charge on any atom is 0.209 e. The minimum Gasteiger partial charge on any atom is -0.352 e. The predicted molar refractivity (Wildman–Crippen MR) is 78.5 cm³/mol. The molecule has 0 atom stereocenters. The Balaban J connectivity index is 1.99. The molecule has 0 unspecified atom stereocenters. The summed E-state index contributed by atoms with van der Waals surface area (Å²) in [6.07, 6.45) is 4.53. The Morgan fingerprint density at radius 3 is 2.86 bits per heavy atom. The van der Waals surface area contributed by atoms with Crippen LogP contribution >= 0.6 is 0 Å². The fourth-order valence-corrected chi connectivity index (χ4v) is 2.54. The van der Waals surface area contributed by atoms with Crippen LogP contribution in [-0.4, -0.2) is 33.0 Å². The molecule has 0 aliphatic carbocycles. The third kappa shape index (κ3) is 2.52. The molecule has 9 heteroatoms. The quantitative estimate of drug-likeness (QED) is 0.301. The van der Waals surface area contributed by atoms with Gasteiger partial charge in [0.05, 0.1) is 12.2 Å². The zero-order valence-corrected chi connectivity index (χ0v) is 12.3. The molecule has 3 rings (SSSR count). The first-order chi connectivity index (χ1) is 10.6. The van der Waals surface area contributed by atoms with Gasteiger partial charge in [0, 0.05) is 29.9 Å². The van der Waals surface area contributed by atoms with E-state index in [1.54, 1.807) is 18.5 Å². The second-order valence-electron chi connectivity index (χ2n) is 5.59. The zero-order chi connectivity index (χ0) is 15.6. The van der Waals surface area contributed by atoms with Crippen molar-refractivity contribution in [3.05, 3.63) is 29.7 Å². The van der Waals surface area contributed by atoms with Gasteiger partial charge in [0.2, 0.25) is 5.76 Å². The van der Waals surface area contributed by atoms with Crippen LogP contribution in [0.15, 0.2) is 38.4 Å². The lowest BCUT2D eigenvalue weighted by Gasteiger charge is -2.33. The molecule has 1 aliphatic heterocycles. The number of hydrogen-bond donors (Lipinski definition) is 1. The standard InChI is InChI=1S/C13H16N8O/c1-13(2)7-21(20-18-8-17-14)6-9-10(22-19-11(9)13)12-15-4-3-5-16-12/h3-5,8H,6-7,14H2,1-2H3. The molecule has 0 saturated carbocycles. The van der Waals surface area contributed by atoms with Gasteiger partial charge >= 0.3 is 0 Å². The van der Waals surface area contributed by atoms with Gasteiger partial charge in [0.1, 0.15) is 0 Å². The molecule has 2 aromatic rings. The summed E-state index contributed by atoms with van der Waals surface area (Å²) in [6, 6.07) is 1.75. The Bertz CT molecular complexity index is 706. The summed E-state index contributed by atoms with van der Waals surface area (Å²) in [5.74, 6) is 6.09. The summed E-state index contributed by atoms with van der Waals surface area (Å²) in [6.45, 7) is 5.31. The fraction of sp³-hybridized carbons (Fsp3) is 0.385. The van der Waals surface area contributed by atoms with E-state index in [0.29, 0.717) is 24.7 Å². The van der Waals surface area contributed by atoms with Crippen LogP contribution in [0.5, 0.6) is 0 Å². The van der Waals surface area contributed by atoms with Crippen molar-refractivity contribution in [2.24, 2.45) is 21.3 Å². The number of rotatable bonds is 3. The maximum atomic E-state index is 5.49. The van der Waals surface area contributed by atoms with Crippen molar-refractivity contribution in [1.29, 1.82) is 0 Å². The van der Waals surface area contributed by atoms with Gasteiger partial charge in [-0.05, 0) is 6.07 Å². The van der Waals surface area contributed by atoms with E-state index in [2.05, 4.69) is 44.4 Å². The van der Waals surface area contributed by atoms with Gasteiger partial charge in [-0.3, -0.25) is 5.01 Å². The van der Waals surface area contributed by atoms with Crippen LogP contribution in [0.1, 0.15) is 25.1 Å². The van der Waals surface area contributed by atoms with Gasteiger partial charge < -0.3 is 10.4 Å².